The van der Waals surface area contributed by atoms with E-state index in [2.05, 4.69) is 31.1 Å². The first kappa shape index (κ1) is 20.5. The van der Waals surface area contributed by atoms with Crippen LogP contribution in [0.25, 0.3) is 11.5 Å². The Labute approximate surface area is 175 Å². The zero-order valence-corrected chi connectivity index (χ0v) is 18.2. The first-order chi connectivity index (χ1) is 14.1. The van der Waals surface area contributed by atoms with Crippen LogP contribution in [0.2, 0.25) is 0 Å². The molecule has 0 unspecified atom stereocenters. The molecule has 0 radical (unpaired) electrons. The Morgan fingerprint density at radius 1 is 1.17 bits per heavy atom. The minimum Gasteiger partial charge on any atom is -0.494 e. The van der Waals surface area contributed by atoms with E-state index in [1.807, 2.05) is 24.3 Å². The molecule has 1 aromatic heterocycles. The number of fused-ring (bicyclic) bond motifs is 2. The van der Waals surface area contributed by atoms with Gasteiger partial charge in [0, 0.05) is 12.1 Å². The fraction of sp³-hybridized carbons (Fsp3) is 0.640. The van der Waals surface area contributed by atoms with Crippen molar-refractivity contribution in [1.29, 1.82) is 0 Å². The molecule has 2 aromatic rings. The van der Waals surface area contributed by atoms with Gasteiger partial charge in [-0.2, -0.15) is 0 Å². The number of unbranched alkanes of at least 4 members (excludes halogenated alkanes) is 2. The van der Waals surface area contributed by atoms with E-state index in [-0.39, 0.29) is 0 Å². The van der Waals surface area contributed by atoms with Crippen molar-refractivity contribution >= 4 is 0 Å². The van der Waals surface area contributed by atoms with Gasteiger partial charge < -0.3 is 14.5 Å². The minimum absolute atomic E-state index is 0.553. The molecule has 4 heteroatoms. The molecule has 0 aliphatic heterocycles. The average Bonchev–Trinajstić information content (AvgIpc) is 3.20. The topological polar surface area (TPSA) is 47.3 Å². The zero-order chi connectivity index (χ0) is 20.3. The lowest BCUT2D eigenvalue weighted by molar-refractivity contribution is -0.103. The third kappa shape index (κ3) is 4.53. The molecular weight excluding hydrogens is 360 g/mol. The monoisotopic (exact) mass is 396 g/mol. The Morgan fingerprint density at radius 3 is 2.72 bits per heavy atom. The summed E-state index contributed by atoms with van der Waals surface area (Å²) >= 11 is 0. The first-order valence-corrected chi connectivity index (χ1v) is 11.5. The van der Waals surface area contributed by atoms with E-state index in [4.69, 9.17) is 9.15 Å². The molecule has 0 saturated heterocycles. The minimum atomic E-state index is 0.553. The van der Waals surface area contributed by atoms with Crippen molar-refractivity contribution < 1.29 is 9.15 Å². The molecule has 29 heavy (non-hydrogen) atoms. The predicted molar refractivity (Wildman–Crippen MR) is 117 cm³/mol. The van der Waals surface area contributed by atoms with Crippen molar-refractivity contribution in [2.75, 3.05) is 13.2 Å². The van der Waals surface area contributed by atoms with Crippen molar-refractivity contribution in [2.45, 2.75) is 65.8 Å². The molecule has 158 valence electrons. The second-order valence-electron chi connectivity index (χ2n) is 9.55. The second-order valence-corrected chi connectivity index (χ2v) is 9.55. The van der Waals surface area contributed by atoms with E-state index in [1.54, 1.807) is 6.26 Å². The molecule has 3 fully saturated rings. The summed E-state index contributed by atoms with van der Waals surface area (Å²) in [6.45, 7) is 9.77. The van der Waals surface area contributed by atoms with Gasteiger partial charge in [0.25, 0.3) is 0 Å². The Kier molecular flexibility index (Phi) is 6.29. The van der Waals surface area contributed by atoms with Crippen molar-refractivity contribution in [2.24, 2.45) is 23.2 Å². The number of benzene rings is 1. The lowest BCUT2D eigenvalue weighted by Crippen LogP contribution is -2.54. The highest BCUT2D eigenvalue weighted by Gasteiger charge is 2.53. The largest absolute Gasteiger partial charge is 0.494 e. The normalized spacial score (nSPS) is 24.9. The molecule has 1 N–H and O–H groups in total. The Balaban J connectivity index is 1.24. The van der Waals surface area contributed by atoms with Crippen LogP contribution in [-0.2, 0) is 6.54 Å². The van der Waals surface area contributed by atoms with Crippen LogP contribution in [-0.4, -0.2) is 18.1 Å². The van der Waals surface area contributed by atoms with Crippen molar-refractivity contribution in [3.05, 3.63) is 36.2 Å². The maximum atomic E-state index is 5.78. The summed E-state index contributed by atoms with van der Waals surface area (Å²) in [5.41, 5.74) is 2.52. The van der Waals surface area contributed by atoms with Crippen molar-refractivity contribution in [3.8, 4) is 17.2 Å². The van der Waals surface area contributed by atoms with Gasteiger partial charge in [0.15, 0.2) is 0 Å². The lowest BCUT2D eigenvalue weighted by atomic mass is 9.45. The maximum Gasteiger partial charge on any atom is 0.226 e. The van der Waals surface area contributed by atoms with Gasteiger partial charge in [0.1, 0.15) is 12.0 Å². The van der Waals surface area contributed by atoms with Gasteiger partial charge in [-0.25, -0.2) is 4.98 Å². The smallest absolute Gasteiger partial charge is 0.226 e. The molecule has 3 aliphatic carbocycles. The summed E-state index contributed by atoms with van der Waals surface area (Å²) < 4.78 is 11.5. The molecular formula is C25H36N2O2. The highest BCUT2D eigenvalue weighted by Crippen LogP contribution is 2.61. The third-order valence-electron chi connectivity index (χ3n) is 7.38. The number of nitrogens with zero attached hydrogens (tertiary/aromatic N) is 1. The molecule has 1 aromatic carbocycles. The number of oxazole rings is 1. The van der Waals surface area contributed by atoms with Crippen LogP contribution in [0.15, 0.2) is 34.9 Å². The molecule has 1 heterocycles. The molecule has 5 rings (SSSR count). The molecule has 2 bridgehead atoms. The van der Waals surface area contributed by atoms with Gasteiger partial charge in [0.2, 0.25) is 5.89 Å². The Morgan fingerprint density at radius 2 is 2.00 bits per heavy atom. The maximum absolute atomic E-state index is 5.78. The standard InChI is InChI=1S/C25H36N2O2/c1-4-5-6-13-28-22-11-8-18(9-12-22)24-27-21(17-29-24)16-26-15-19-7-10-20-14-23(19)25(20,2)3/h8-9,11-12,17,19-20,23,26H,4-7,10,13-16H2,1-3H3/t19-,20-,23-/m0/s1. The molecule has 3 atom stereocenters. The third-order valence-corrected chi connectivity index (χ3v) is 7.38. The molecule has 0 amide bonds. The lowest BCUT2D eigenvalue weighted by Gasteiger charge is -2.60. The van der Waals surface area contributed by atoms with Crippen LogP contribution in [0.5, 0.6) is 5.75 Å². The van der Waals surface area contributed by atoms with E-state index >= 15 is 0 Å². The Hall–Kier alpha value is -1.81. The second kappa shape index (κ2) is 8.91. The summed E-state index contributed by atoms with van der Waals surface area (Å²) in [6.07, 6.45) is 9.53. The molecule has 3 saturated carbocycles. The van der Waals surface area contributed by atoms with Crippen LogP contribution in [0.1, 0.15) is 65.0 Å². The van der Waals surface area contributed by atoms with Gasteiger partial charge in [-0.3, -0.25) is 0 Å². The van der Waals surface area contributed by atoms with Gasteiger partial charge >= 0.3 is 0 Å². The number of hydrogen-bond acceptors (Lipinski definition) is 4. The van der Waals surface area contributed by atoms with Gasteiger partial charge in [-0.05, 0) is 79.7 Å². The summed E-state index contributed by atoms with van der Waals surface area (Å²) in [7, 11) is 0. The summed E-state index contributed by atoms with van der Waals surface area (Å²) in [4.78, 5) is 4.67. The first-order valence-electron chi connectivity index (χ1n) is 11.5. The zero-order valence-electron chi connectivity index (χ0n) is 18.2. The predicted octanol–water partition coefficient (Wildman–Crippen LogP) is 6.07. The Bertz CT molecular complexity index is 778. The highest BCUT2D eigenvalue weighted by molar-refractivity contribution is 5.54. The van der Waals surface area contributed by atoms with E-state index in [0.29, 0.717) is 11.3 Å². The highest BCUT2D eigenvalue weighted by atomic mass is 16.5. The fourth-order valence-electron chi connectivity index (χ4n) is 5.35. The summed E-state index contributed by atoms with van der Waals surface area (Å²) in [6, 6.07) is 8.05. The van der Waals surface area contributed by atoms with Crippen LogP contribution >= 0.6 is 0 Å². The molecule has 0 spiro atoms. The average molecular weight is 397 g/mol. The van der Waals surface area contributed by atoms with E-state index < -0.39 is 0 Å². The molecule has 3 aliphatic rings. The van der Waals surface area contributed by atoms with Crippen molar-refractivity contribution in [3.63, 3.8) is 0 Å². The SMILES string of the molecule is CCCCCOc1ccc(-c2nc(CNC[C@@H]3CC[C@H]4C[C@@H]3C4(C)C)co2)cc1. The molecule has 4 nitrogen and oxygen atoms in total. The number of aromatic nitrogens is 1. The summed E-state index contributed by atoms with van der Waals surface area (Å²) in [5.74, 6) is 4.26. The number of nitrogens with one attached hydrogen (secondary N) is 1. The fourth-order valence-corrected chi connectivity index (χ4v) is 5.35. The van der Waals surface area contributed by atoms with Crippen LogP contribution < -0.4 is 10.1 Å². The number of rotatable bonds is 10. The van der Waals surface area contributed by atoms with Crippen LogP contribution in [0, 0.1) is 23.2 Å². The van der Waals surface area contributed by atoms with E-state index in [0.717, 1.165) is 60.9 Å². The quantitative estimate of drug-likeness (QED) is 0.495. The van der Waals surface area contributed by atoms with E-state index in [1.165, 1.54) is 32.1 Å². The van der Waals surface area contributed by atoms with Crippen LogP contribution in [0.4, 0.5) is 0 Å². The van der Waals surface area contributed by atoms with Gasteiger partial charge in [0.05, 0.1) is 12.3 Å². The van der Waals surface area contributed by atoms with Crippen LogP contribution in [0.3, 0.4) is 0 Å². The number of hydrogen-bond donors (Lipinski definition) is 1. The van der Waals surface area contributed by atoms with Crippen molar-refractivity contribution in [1.82, 2.24) is 10.3 Å². The van der Waals surface area contributed by atoms with E-state index in [9.17, 15) is 0 Å². The number of ether oxygens (including phenoxy) is 1. The van der Waals surface area contributed by atoms with Gasteiger partial charge in [-0.1, -0.05) is 33.6 Å². The summed E-state index contributed by atoms with van der Waals surface area (Å²) in [5, 5.41) is 3.63. The van der Waals surface area contributed by atoms with Gasteiger partial charge in [-0.15, -0.1) is 0 Å².